The maximum absolute atomic E-state index is 14.0. The molecule has 3 heterocycles. The van der Waals surface area contributed by atoms with Crippen LogP contribution in [0.15, 0.2) is 47.1 Å². The van der Waals surface area contributed by atoms with Crippen LogP contribution in [-0.4, -0.2) is 58.3 Å². The van der Waals surface area contributed by atoms with Crippen LogP contribution in [0.5, 0.6) is 5.75 Å². The van der Waals surface area contributed by atoms with Gasteiger partial charge in [-0.25, -0.2) is 0 Å². The third kappa shape index (κ3) is 4.79. The van der Waals surface area contributed by atoms with Crippen molar-refractivity contribution in [3.63, 3.8) is 0 Å². The van der Waals surface area contributed by atoms with Gasteiger partial charge < -0.3 is 14.5 Å². The third-order valence-corrected chi connectivity index (χ3v) is 9.03. The monoisotopic (exact) mass is 604 g/mol. The van der Waals surface area contributed by atoms with Gasteiger partial charge in [0.25, 0.3) is 0 Å². The van der Waals surface area contributed by atoms with E-state index >= 15 is 0 Å². The lowest BCUT2D eigenvalue weighted by Crippen LogP contribution is -2.49. The fourth-order valence-electron chi connectivity index (χ4n) is 6.56. The molecule has 2 fully saturated rings. The number of H-pyrrole nitrogens is 1. The van der Waals surface area contributed by atoms with E-state index in [1.807, 2.05) is 36.4 Å². The van der Waals surface area contributed by atoms with Gasteiger partial charge in [-0.1, -0.05) is 22.0 Å². The van der Waals surface area contributed by atoms with Crippen LogP contribution in [0.1, 0.15) is 50.5 Å². The Balaban J connectivity index is 1.20. The van der Waals surface area contributed by atoms with Crippen LogP contribution in [0.25, 0.3) is 10.9 Å². The lowest BCUT2D eigenvalue weighted by molar-refractivity contribution is -0.151. The van der Waals surface area contributed by atoms with Gasteiger partial charge in [0.15, 0.2) is 0 Å². The molecule has 3 aliphatic rings. The third-order valence-electron chi connectivity index (χ3n) is 8.37. The molecule has 2 aliphatic heterocycles. The number of rotatable bonds is 5. The largest absolute Gasteiger partial charge is 0.490 e. The van der Waals surface area contributed by atoms with E-state index in [1.165, 1.54) is 9.80 Å². The summed E-state index contributed by atoms with van der Waals surface area (Å²) in [5.41, 5.74) is 1.63. The van der Waals surface area contributed by atoms with Crippen LogP contribution >= 0.6 is 15.9 Å². The van der Waals surface area contributed by atoms with Crippen LogP contribution < -0.4 is 9.64 Å². The van der Waals surface area contributed by atoms with Crippen LogP contribution in [0, 0.1) is 0 Å². The molecule has 2 aromatic carbocycles. The standard InChI is InChI=1S/C28H28BrF3N4O3/c29-21-4-1-5-23-25(21)27(10-8-19(9-11-27)39-20-6-7-22-17(13-20)15-33-34-22)26(38)36(23)16-24(37)35-12-2-3-18(35)14-28(30,31)32/h1,4-7,13,15,18-19H,2-3,8-12,14,16H2,(H,33,34)/t18-,19?,27?/m1/s1. The molecule has 2 amide bonds. The molecule has 7 nitrogen and oxygen atoms in total. The highest BCUT2D eigenvalue weighted by Crippen LogP contribution is 2.53. The highest BCUT2D eigenvalue weighted by molar-refractivity contribution is 9.10. The average molecular weight is 605 g/mol. The number of carbonyl (C=O) groups excluding carboxylic acids is 2. The molecule has 6 rings (SSSR count). The lowest BCUT2D eigenvalue weighted by atomic mass is 9.69. The summed E-state index contributed by atoms with van der Waals surface area (Å²) in [6.07, 6.45) is -0.445. The summed E-state index contributed by atoms with van der Waals surface area (Å²) in [6, 6.07) is 10.4. The van der Waals surface area contributed by atoms with Crippen LogP contribution in [-0.2, 0) is 15.0 Å². The second-order valence-corrected chi connectivity index (χ2v) is 11.6. The summed E-state index contributed by atoms with van der Waals surface area (Å²) in [5, 5.41) is 7.92. The molecule has 1 atom stereocenters. The van der Waals surface area contributed by atoms with E-state index in [-0.39, 0.29) is 25.1 Å². The Labute approximate surface area is 231 Å². The van der Waals surface area contributed by atoms with Gasteiger partial charge in [-0.2, -0.15) is 18.3 Å². The van der Waals surface area contributed by atoms with E-state index in [1.54, 1.807) is 6.20 Å². The predicted octanol–water partition coefficient (Wildman–Crippen LogP) is 5.87. The molecule has 11 heteroatoms. The average Bonchev–Trinajstić information content (AvgIpc) is 3.60. The number of ether oxygens (including phenoxy) is 1. The molecule has 1 saturated heterocycles. The van der Waals surface area contributed by atoms with Gasteiger partial charge in [0, 0.05) is 33.7 Å². The number of amides is 2. The first-order chi connectivity index (χ1) is 18.6. The molecule has 1 spiro atoms. The molecule has 206 valence electrons. The van der Waals surface area contributed by atoms with E-state index < -0.39 is 30.0 Å². The van der Waals surface area contributed by atoms with Gasteiger partial charge in [-0.05, 0) is 68.9 Å². The molecule has 0 bridgehead atoms. The van der Waals surface area contributed by atoms with Gasteiger partial charge >= 0.3 is 6.18 Å². The summed E-state index contributed by atoms with van der Waals surface area (Å²) in [6.45, 7) is 0.0186. The first-order valence-corrected chi connectivity index (χ1v) is 14.0. The minimum absolute atomic E-state index is 0.0675. The first kappa shape index (κ1) is 26.2. The number of benzene rings is 2. The summed E-state index contributed by atoms with van der Waals surface area (Å²) in [5.74, 6) is 0.141. The number of nitrogens with one attached hydrogen (secondary N) is 1. The van der Waals surface area contributed by atoms with E-state index in [2.05, 4.69) is 26.1 Å². The van der Waals surface area contributed by atoms with Crippen LogP contribution in [0.2, 0.25) is 0 Å². The first-order valence-electron chi connectivity index (χ1n) is 13.2. The maximum Gasteiger partial charge on any atom is 0.391 e. The summed E-state index contributed by atoms with van der Waals surface area (Å²) < 4.78 is 46.3. The SMILES string of the molecule is O=C(CN1C(=O)C2(CCC(Oc3ccc4[nH]ncc4c3)CC2)c2c(Br)cccc21)N1CCC[C@@H]1CC(F)(F)F. The van der Waals surface area contributed by atoms with Gasteiger partial charge in [-0.15, -0.1) is 0 Å². The molecule has 1 N–H and O–H groups in total. The number of hydrogen-bond donors (Lipinski definition) is 1. The van der Waals surface area contributed by atoms with Gasteiger partial charge in [0.05, 0.1) is 29.7 Å². The molecule has 3 aromatic rings. The minimum Gasteiger partial charge on any atom is -0.490 e. The Morgan fingerprint density at radius 1 is 1.18 bits per heavy atom. The molecule has 0 unspecified atom stereocenters. The molecule has 1 aromatic heterocycles. The van der Waals surface area contributed by atoms with Crippen molar-refractivity contribution in [2.75, 3.05) is 18.0 Å². The topological polar surface area (TPSA) is 78.5 Å². The number of carbonyl (C=O) groups is 2. The summed E-state index contributed by atoms with van der Waals surface area (Å²) >= 11 is 3.64. The van der Waals surface area contributed by atoms with Crippen molar-refractivity contribution in [1.29, 1.82) is 0 Å². The summed E-state index contributed by atoms with van der Waals surface area (Å²) in [4.78, 5) is 30.1. The Hall–Kier alpha value is -3.08. The fourth-order valence-corrected chi connectivity index (χ4v) is 7.30. The zero-order valence-electron chi connectivity index (χ0n) is 21.1. The smallest absolute Gasteiger partial charge is 0.391 e. The molecule has 39 heavy (non-hydrogen) atoms. The number of aromatic nitrogens is 2. The number of likely N-dealkylation sites (tertiary alicyclic amines) is 1. The number of alkyl halides is 3. The highest BCUT2D eigenvalue weighted by atomic mass is 79.9. The van der Waals surface area contributed by atoms with Crippen LogP contribution in [0.4, 0.5) is 18.9 Å². The minimum atomic E-state index is -4.34. The van der Waals surface area contributed by atoms with Gasteiger partial charge in [0.2, 0.25) is 11.8 Å². The number of aromatic amines is 1. The van der Waals surface area contributed by atoms with Crippen molar-refractivity contribution in [3.8, 4) is 5.75 Å². The van der Waals surface area contributed by atoms with Crippen molar-refractivity contribution in [1.82, 2.24) is 15.1 Å². The second-order valence-electron chi connectivity index (χ2n) is 10.7. The van der Waals surface area contributed by atoms with Crippen molar-refractivity contribution >= 4 is 44.3 Å². The quantitative estimate of drug-likeness (QED) is 0.395. The van der Waals surface area contributed by atoms with Crippen molar-refractivity contribution in [2.45, 2.75) is 68.7 Å². The van der Waals surface area contributed by atoms with Crippen molar-refractivity contribution < 1.29 is 27.5 Å². The molecule has 0 radical (unpaired) electrons. The Bertz CT molecular complexity index is 1420. The number of hydrogen-bond acceptors (Lipinski definition) is 4. The predicted molar refractivity (Wildman–Crippen MR) is 143 cm³/mol. The summed E-state index contributed by atoms with van der Waals surface area (Å²) in [7, 11) is 0. The lowest BCUT2D eigenvalue weighted by Gasteiger charge is -2.37. The second kappa shape index (κ2) is 9.83. The number of fused-ring (bicyclic) bond motifs is 3. The van der Waals surface area contributed by atoms with Crippen molar-refractivity contribution in [3.05, 3.63) is 52.6 Å². The van der Waals surface area contributed by atoms with Gasteiger partial charge in [-0.3, -0.25) is 14.7 Å². The number of halogens is 4. The van der Waals surface area contributed by atoms with E-state index in [0.29, 0.717) is 44.2 Å². The molecular formula is C28H28BrF3N4O3. The normalized spacial score (nSPS) is 25.1. The number of nitrogens with zero attached hydrogens (tertiary/aromatic N) is 3. The molecular weight excluding hydrogens is 577 g/mol. The van der Waals surface area contributed by atoms with Crippen molar-refractivity contribution in [2.24, 2.45) is 0 Å². The van der Waals surface area contributed by atoms with Gasteiger partial charge in [0.1, 0.15) is 12.3 Å². The highest BCUT2D eigenvalue weighted by Gasteiger charge is 2.54. The Morgan fingerprint density at radius 2 is 1.97 bits per heavy atom. The zero-order valence-corrected chi connectivity index (χ0v) is 22.7. The Morgan fingerprint density at radius 3 is 2.74 bits per heavy atom. The van der Waals surface area contributed by atoms with Crippen LogP contribution in [0.3, 0.4) is 0 Å². The molecule has 1 saturated carbocycles. The fraction of sp³-hybridized carbons (Fsp3) is 0.464. The van der Waals surface area contributed by atoms with E-state index in [4.69, 9.17) is 4.74 Å². The van der Waals surface area contributed by atoms with E-state index in [9.17, 15) is 22.8 Å². The Kier molecular flexibility index (Phi) is 6.60. The zero-order chi connectivity index (χ0) is 27.4. The maximum atomic E-state index is 14.0. The molecule has 1 aliphatic carbocycles. The number of anilines is 1. The van der Waals surface area contributed by atoms with E-state index in [0.717, 1.165) is 26.7 Å².